The molecular formula is C19H16ClN5O2. The molecule has 0 unspecified atom stereocenters. The Morgan fingerprint density at radius 3 is 2.89 bits per heavy atom. The summed E-state index contributed by atoms with van der Waals surface area (Å²) >= 11 is 6.07. The summed E-state index contributed by atoms with van der Waals surface area (Å²) < 4.78 is 7.02. The van der Waals surface area contributed by atoms with E-state index in [2.05, 4.69) is 20.5 Å². The lowest BCUT2D eigenvalue weighted by atomic mass is 10.2. The highest BCUT2D eigenvalue weighted by molar-refractivity contribution is 6.32. The normalized spacial score (nSPS) is 10.9. The molecule has 0 aliphatic rings. The van der Waals surface area contributed by atoms with Gasteiger partial charge in [0.25, 0.3) is 5.91 Å². The van der Waals surface area contributed by atoms with Crippen molar-refractivity contribution in [2.24, 2.45) is 0 Å². The van der Waals surface area contributed by atoms with Gasteiger partial charge in [-0.25, -0.2) is 4.98 Å². The zero-order valence-corrected chi connectivity index (χ0v) is 15.4. The average Bonchev–Trinajstić information content (AvgIpc) is 3.27. The van der Waals surface area contributed by atoms with Crippen molar-refractivity contribution in [3.8, 4) is 17.1 Å². The van der Waals surface area contributed by atoms with Crippen LogP contribution in [-0.2, 0) is 0 Å². The fourth-order valence-electron chi connectivity index (χ4n) is 2.73. The molecule has 2 N–H and O–H groups in total. The van der Waals surface area contributed by atoms with Crippen molar-refractivity contribution in [2.75, 3.05) is 12.4 Å². The first-order valence-corrected chi connectivity index (χ1v) is 8.57. The van der Waals surface area contributed by atoms with Crippen molar-refractivity contribution in [3.05, 3.63) is 64.9 Å². The molecule has 0 bridgehead atoms. The smallest absolute Gasteiger partial charge is 0.256 e. The van der Waals surface area contributed by atoms with E-state index in [4.69, 9.17) is 16.3 Å². The number of halogens is 1. The predicted molar refractivity (Wildman–Crippen MR) is 103 cm³/mol. The predicted octanol–water partition coefficient (Wildman–Crippen LogP) is 3.95. The number of methoxy groups -OCH3 is 1. The standard InChI is InChI=1S/C19H16ClN5O2/c1-11-5-6-25-10-15(21-18(25)7-11)14-9-17(24-23-14)22-19(26)12-3-4-16(27-2)13(20)8-12/h3-10H,1-2H3,(H2,22,23,24,26). The van der Waals surface area contributed by atoms with Gasteiger partial charge >= 0.3 is 0 Å². The van der Waals surface area contributed by atoms with Gasteiger partial charge in [0.1, 0.15) is 17.1 Å². The van der Waals surface area contributed by atoms with Crippen LogP contribution >= 0.6 is 11.6 Å². The first-order valence-electron chi connectivity index (χ1n) is 8.19. The molecule has 0 saturated carbocycles. The quantitative estimate of drug-likeness (QED) is 0.560. The van der Waals surface area contributed by atoms with Gasteiger partial charge in [-0.1, -0.05) is 11.6 Å². The number of carbonyl (C=O) groups excluding carboxylic acids is 1. The number of fused-ring (bicyclic) bond motifs is 1. The SMILES string of the molecule is COc1ccc(C(=O)Nc2cc(-c3cn4ccc(C)cc4n3)[nH]n2)cc1Cl. The average molecular weight is 382 g/mol. The molecular weight excluding hydrogens is 366 g/mol. The fraction of sp³-hybridized carbons (Fsp3) is 0.105. The number of H-pyrrole nitrogens is 1. The van der Waals surface area contributed by atoms with E-state index >= 15 is 0 Å². The van der Waals surface area contributed by atoms with Gasteiger partial charge in [0, 0.05) is 24.0 Å². The number of aryl methyl sites for hydroxylation is 1. The molecule has 3 aromatic heterocycles. The third kappa shape index (κ3) is 3.37. The summed E-state index contributed by atoms with van der Waals surface area (Å²) in [4.78, 5) is 17.0. The van der Waals surface area contributed by atoms with Crippen molar-refractivity contribution in [1.29, 1.82) is 0 Å². The molecule has 1 amide bonds. The maximum Gasteiger partial charge on any atom is 0.256 e. The number of nitrogens with zero attached hydrogens (tertiary/aromatic N) is 3. The Kier molecular flexibility index (Phi) is 4.29. The van der Waals surface area contributed by atoms with Crippen molar-refractivity contribution in [1.82, 2.24) is 19.6 Å². The summed E-state index contributed by atoms with van der Waals surface area (Å²) in [7, 11) is 1.52. The Bertz CT molecular complexity index is 1150. The summed E-state index contributed by atoms with van der Waals surface area (Å²) in [5.41, 5.74) is 3.84. The highest BCUT2D eigenvalue weighted by Gasteiger charge is 2.13. The minimum Gasteiger partial charge on any atom is -0.495 e. The van der Waals surface area contributed by atoms with Crippen molar-refractivity contribution < 1.29 is 9.53 Å². The Morgan fingerprint density at radius 1 is 1.26 bits per heavy atom. The van der Waals surface area contributed by atoms with E-state index in [-0.39, 0.29) is 5.91 Å². The van der Waals surface area contributed by atoms with E-state index < -0.39 is 0 Å². The molecule has 7 nitrogen and oxygen atoms in total. The Morgan fingerprint density at radius 2 is 2.11 bits per heavy atom. The molecule has 27 heavy (non-hydrogen) atoms. The molecule has 4 aromatic rings. The number of hydrogen-bond acceptors (Lipinski definition) is 4. The maximum absolute atomic E-state index is 12.4. The van der Waals surface area contributed by atoms with Crippen LogP contribution in [0.15, 0.2) is 48.8 Å². The number of aromatic amines is 1. The third-order valence-electron chi connectivity index (χ3n) is 4.13. The molecule has 0 atom stereocenters. The van der Waals surface area contributed by atoms with Crippen LogP contribution < -0.4 is 10.1 Å². The minimum atomic E-state index is -0.316. The molecule has 0 fully saturated rings. The number of ether oxygens (including phenoxy) is 1. The third-order valence-corrected chi connectivity index (χ3v) is 4.42. The monoisotopic (exact) mass is 381 g/mol. The molecule has 0 saturated heterocycles. The highest BCUT2D eigenvalue weighted by atomic mass is 35.5. The highest BCUT2D eigenvalue weighted by Crippen LogP contribution is 2.25. The molecule has 0 aliphatic carbocycles. The van der Waals surface area contributed by atoms with Gasteiger partial charge in [0.15, 0.2) is 5.82 Å². The van der Waals surface area contributed by atoms with E-state index in [0.29, 0.717) is 27.8 Å². The van der Waals surface area contributed by atoms with E-state index in [1.165, 1.54) is 7.11 Å². The Hall–Kier alpha value is -3.32. The topological polar surface area (TPSA) is 84.3 Å². The van der Waals surface area contributed by atoms with Gasteiger partial charge in [-0.2, -0.15) is 5.10 Å². The summed E-state index contributed by atoms with van der Waals surface area (Å²) in [6.45, 7) is 2.02. The van der Waals surface area contributed by atoms with Crippen LogP contribution in [0.3, 0.4) is 0 Å². The fourth-order valence-corrected chi connectivity index (χ4v) is 2.98. The van der Waals surface area contributed by atoms with Crippen LogP contribution in [0, 0.1) is 6.92 Å². The molecule has 0 spiro atoms. The van der Waals surface area contributed by atoms with E-state index in [1.54, 1.807) is 24.3 Å². The summed E-state index contributed by atoms with van der Waals surface area (Å²) in [6.07, 6.45) is 3.85. The van der Waals surface area contributed by atoms with Crippen molar-refractivity contribution in [3.63, 3.8) is 0 Å². The number of aromatic nitrogens is 4. The second kappa shape index (κ2) is 6.77. The minimum absolute atomic E-state index is 0.316. The van der Waals surface area contributed by atoms with Crippen molar-refractivity contribution in [2.45, 2.75) is 6.92 Å². The zero-order valence-electron chi connectivity index (χ0n) is 14.7. The number of benzene rings is 1. The van der Waals surface area contributed by atoms with Gasteiger partial charge in [-0.3, -0.25) is 9.89 Å². The lowest BCUT2D eigenvalue weighted by Crippen LogP contribution is -2.12. The number of rotatable bonds is 4. The summed E-state index contributed by atoms with van der Waals surface area (Å²) in [6, 6.07) is 10.6. The molecule has 8 heteroatoms. The number of carbonyl (C=O) groups is 1. The molecule has 0 radical (unpaired) electrons. The van der Waals surface area contributed by atoms with E-state index in [0.717, 1.165) is 16.9 Å². The zero-order chi connectivity index (χ0) is 19.0. The van der Waals surface area contributed by atoms with Crippen LogP contribution in [0.4, 0.5) is 5.82 Å². The molecule has 3 heterocycles. The first-order chi connectivity index (χ1) is 13.0. The van der Waals surface area contributed by atoms with Crippen LogP contribution in [0.1, 0.15) is 15.9 Å². The van der Waals surface area contributed by atoms with Gasteiger partial charge in [0.05, 0.1) is 17.8 Å². The molecule has 1 aromatic carbocycles. The number of pyridine rings is 1. The number of imidazole rings is 1. The Labute approximate surface area is 160 Å². The van der Waals surface area contributed by atoms with E-state index in [9.17, 15) is 4.79 Å². The van der Waals surface area contributed by atoms with Crippen LogP contribution in [0.5, 0.6) is 5.75 Å². The number of amides is 1. The lowest BCUT2D eigenvalue weighted by molar-refractivity contribution is 0.102. The van der Waals surface area contributed by atoms with Crippen LogP contribution in [0.25, 0.3) is 17.0 Å². The van der Waals surface area contributed by atoms with Gasteiger partial charge < -0.3 is 14.5 Å². The van der Waals surface area contributed by atoms with Crippen LogP contribution in [0.2, 0.25) is 5.02 Å². The summed E-state index contributed by atoms with van der Waals surface area (Å²) in [5, 5.41) is 10.1. The second-order valence-corrected chi connectivity index (χ2v) is 6.47. The summed E-state index contributed by atoms with van der Waals surface area (Å²) in [5.74, 6) is 0.593. The van der Waals surface area contributed by atoms with Crippen molar-refractivity contribution >= 4 is 29.0 Å². The molecule has 0 aliphatic heterocycles. The van der Waals surface area contributed by atoms with Crippen LogP contribution in [-0.4, -0.2) is 32.6 Å². The lowest BCUT2D eigenvalue weighted by Gasteiger charge is -2.05. The number of nitrogens with one attached hydrogen (secondary N) is 2. The number of anilines is 1. The molecule has 136 valence electrons. The molecule has 4 rings (SSSR count). The maximum atomic E-state index is 12.4. The van der Waals surface area contributed by atoms with E-state index in [1.807, 2.05) is 35.9 Å². The van der Waals surface area contributed by atoms with Gasteiger partial charge in [-0.05, 0) is 42.8 Å². The number of hydrogen-bond donors (Lipinski definition) is 2. The van der Waals surface area contributed by atoms with Gasteiger partial charge in [-0.15, -0.1) is 0 Å². The largest absolute Gasteiger partial charge is 0.495 e. The second-order valence-electron chi connectivity index (χ2n) is 6.07. The Balaban J connectivity index is 1.55. The van der Waals surface area contributed by atoms with Gasteiger partial charge in [0.2, 0.25) is 0 Å². The first kappa shape index (κ1) is 17.1.